The molecular formula is C11H21NS. The monoisotopic (exact) mass is 199 g/mol. The molecule has 1 nitrogen and oxygen atoms in total. The number of rotatable bonds is 1. The Morgan fingerprint density at radius 2 is 1.38 bits per heavy atom. The number of nitrogens with two attached hydrogens (primary N) is 1. The molecule has 2 N–H and O–H groups in total. The third-order valence-corrected chi connectivity index (χ3v) is 2.62. The smallest absolute Gasteiger partial charge is 0.0223 e. The first-order chi connectivity index (χ1) is 5.55. The van der Waals surface area contributed by atoms with Crippen molar-refractivity contribution >= 4 is 17.1 Å². The van der Waals surface area contributed by atoms with Crippen LogP contribution >= 0.6 is 12.2 Å². The number of thiocarbonyl (C=S) groups is 1. The molecule has 0 saturated carbocycles. The van der Waals surface area contributed by atoms with E-state index in [1.807, 2.05) is 6.08 Å². The summed E-state index contributed by atoms with van der Waals surface area (Å²) in [4.78, 5) is 0.917. The summed E-state index contributed by atoms with van der Waals surface area (Å²) in [7, 11) is 0. The van der Waals surface area contributed by atoms with Crippen molar-refractivity contribution in [3.05, 3.63) is 11.8 Å². The van der Waals surface area contributed by atoms with Gasteiger partial charge in [-0.1, -0.05) is 53.8 Å². The second kappa shape index (κ2) is 3.79. The summed E-state index contributed by atoms with van der Waals surface area (Å²) in [5.41, 5.74) is 6.82. The van der Waals surface area contributed by atoms with Gasteiger partial charge < -0.3 is 5.73 Å². The van der Waals surface area contributed by atoms with Crippen LogP contribution in [0.4, 0.5) is 0 Å². The normalized spacial score (nSPS) is 14.5. The number of hydrogen-bond acceptors (Lipinski definition) is 2. The van der Waals surface area contributed by atoms with Crippen LogP contribution in [-0.4, -0.2) is 4.86 Å². The maximum absolute atomic E-state index is 5.92. The first-order valence-electron chi connectivity index (χ1n) is 4.57. The maximum Gasteiger partial charge on any atom is 0.0223 e. The minimum absolute atomic E-state index is 0.00924. The zero-order valence-electron chi connectivity index (χ0n) is 9.56. The summed E-state index contributed by atoms with van der Waals surface area (Å²) >= 11 is 5.28. The Hall–Kier alpha value is -0.370. The van der Waals surface area contributed by atoms with Gasteiger partial charge in [-0.15, -0.1) is 0 Å². The second-order valence-corrected chi connectivity index (χ2v) is 5.90. The van der Waals surface area contributed by atoms with Gasteiger partial charge in [0.1, 0.15) is 0 Å². The van der Waals surface area contributed by atoms with Crippen molar-refractivity contribution in [1.29, 1.82) is 0 Å². The molecule has 0 spiro atoms. The molecule has 0 unspecified atom stereocenters. The van der Waals surface area contributed by atoms with E-state index in [4.69, 9.17) is 18.0 Å². The van der Waals surface area contributed by atoms with Crippen LogP contribution in [0.3, 0.4) is 0 Å². The minimum atomic E-state index is 0.00924. The van der Waals surface area contributed by atoms with Crippen molar-refractivity contribution < 1.29 is 0 Å². The van der Waals surface area contributed by atoms with E-state index >= 15 is 0 Å². The molecular weight excluding hydrogens is 178 g/mol. The Morgan fingerprint density at radius 3 is 1.62 bits per heavy atom. The van der Waals surface area contributed by atoms with E-state index in [0.717, 1.165) is 10.6 Å². The number of hydrogen-bond donors (Lipinski definition) is 1. The molecule has 0 saturated heterocycles. The molecule has 0 radical (unpaired) electrons. The van der Waals surface area contributed by atoms with Gasteiger partial charge in [-0.25, -0.2) is 0 Å². The predicted octanol–water partition coefficient (Wildman–Crippen LogP) is 3.29. The van der Waals surface area contributed by atoms with Crippen LogP contribution in [0, 0.1) is 10.8 Å². The Kier molecular flexibility index (Phi) is 3.68. The van der Waals surface area contributed by atoms with Crippen molar-refractivity contribution in [1.82, 2.24) is 0 Å². The number of allylic oxidation sites excluding steroid dienone is 2. The lowest BCUT2D eigenvalue weighted by atomic mass is 9.87. The topological polar surface area (TPSA) is 26.0 Å². The lowest BCUT2D eigenvalue weighted by molar-refractivity contribution is 0.497. The highest BCUT2D eigenvalue weighted by Crippen LogP contribution is 2.24. The van der Waals surface area contributed by atoms with Crippen molar-refractivity contribution in [2.75, 3.05) is 0 Å². The molecule has 0 aliphatic heterocycles. The SMILES string of the molecule is CC(C)(C)C(=S)/C=C(\N)C(C)(C)C. The fraction of sp³-hybridized carbons (Fsp3) is 0.727. The van der Waals surface area contributed by atoms with Gasteiger partial charge in [0, 0.05) is 16.0 Å². The van der Waals surface area contributed by atoms with Crippen LogP contribution in [-0.2, 0) is 0 Å². The Balaban J connectivity index is 4.70. The molecule has 0 heterocycles. The molecule has 0 amide bonds. The molecule has 2 heteroatoms. The van der Waals surface area contributed by atoms with Crippen LogP contribution in [0.5, 0.6) is 0 Å². The molecule has 0 aliphatic carbocycles. The molecule has 0 aromatic carbocycles. The Labute approximate surface area is 87.4 Å². The minimum Gasteiger partial charge on any atom is -0.402 e. The van der Waals surface area contributed by atoms with Crippen LogP contribution < -0.4 is 5.73 Å². The largest absolute Gasteiger partial charge is 0.402 e. The fourth-order valence-corrected chi connectivity index (χ4v) is 0.701. The summed E-state index contributed by atoms with van der Waals surface area (Å²) < 4.78 is 0. The second-order valence-electron chi connectivity index (χ2n) is 5.46. The third kappa shape index (κ3) is 4.41. The van der Waals surface area contributed by atoms with E-state index in [0.29, 0.717) is 0 Å². The average molecular weight is 199 g/mol. The van der Waals surface area contributed by atoms with Gasteiger partial charge in [-0.2, -0.15) is 0 Å². The highest BCUT2D eigenvalue weighted by Gasteiger charge is 2.19. The quantitative estimate of drug-likeness (QED) is 0.518. The zero-order valence-corrected chi connectivity index (χ0v) is 10.4. The summed E-state index contributed by atoms with van der Waals surface area (Å²) in [5, 5.41) is 0. The van der Waals surface area contributed by atoms with Crippen LogP contribution in [0.1, 0.15) is 41.5 Å². The lowest BCUT2D eigenvalue weighted by Gasteiger charge is -2.22. The first-order valence-corrected chi connectivity index (χ1v) is 4.98. The van der Waals surface area contributed by atoms with Gasteiger partial charge in [-0.3, -0.25) is 0 Å². The van der Waals surface area contributed by atoms with Crippen LogP contribution in [0.15, 0.2) is 11.8 Å². The van der Waals surface area contributed by atoms with Crippen LogP contribution in [0.2, 0.25) is 0 Å². The molecule has 0 atom stereocenters. The molecule has 76 valence electrons. The third-order valence-electron chi connectivity index (χ3n) is 1.89. The van der Waals surface area contributed by atoms with E-state index in [1.165, 1.54) is 0 Å². The summed E-state index contributed by atoms with van der Waals surface area (Å²) in [5.74, 6) is 0. The standard InChI is InChI=1S/C11H21NS/c1-10(2,3)8(12)7-9(13)11(4,5)6/h7H,12H2,1-6H3/b8-7-. The molecule has 0 rings (SSSR count). The van der Waals surface area contributed by atoms with Crippen molar-refractivity contribution in [2.24, 2.45) is 16.6 Å². The summed E-state index contributed by atoms with van der Waals surface area (Å²) in [6.07, 6.45) is 1.93. The Bertz CT molecular complexity index is 225. The molecule has 0 aromatic heterocycles. The van der Waals surface area contributed by atoms with E-state index < -0.39 is 0 Å². The molecule has 0 aliphatic rings. The summed E-state index contributed by atoms with van der Waals surface area (Å²) in [6.45, 7) is 12.6. The molecule has 0 aromatic rings. The summed E-state index contributed by atoms with van der Waals surface area (Å²) in [6, 6.07) is 0. The lowest BCUT2D eigenvalue weighted by Crippen LogP contribution is -2.22. The van der Waals surface area contributed by atoms with Crippen molar-refractivity contribution in [3.8, 4) is 0 Å². The van der Waals surface area contributed by atoms with Gasteiger partial charge >= 0.3 is 0 Å². The zero-order chi connectivity index (χ0) is 10.9. The fourth-order valence-electron chi connectivity index (χ4n) is 0.574. The van der Waals surface area contributed by atoms with Crippen molar-refractivity contribution in [2.45, 2.75) is 41.5 Å². The van der Waals surface area contributed by atoms with Gasteiger partial charge in [0.2, 0.25) is 0 Å². The van der Waals surface area contributed by atoms with E-state index in [2.05, 4.69) is 41.5 Å². The van der Waals surface area contributed by atoms with Crippen molar-refractivity contribution in [3.63, 3.8) is 0 Å². The highest BCUT2D eigenvalue weighted by molar-refractivity contribution is 7.80. The molecule has 0 fully saturated rings. The predicted molar refractivity (Wildman–Crippen MR) is 63.8 cm³/mol. The van der Waals surface area contributed by atoms with Gasteiger partial charge in [-0.05, 0) is 11.5 Å². The van der Waals surface area contributed by atoms with Gasteiger partial charge in [0.05, 0.1) is 0 Å². The molecule has 13 heavy (non-hydrogen) atoms. The van der Waals surface area contributed by atoms with E-state index in [9.17, 15) is 0 Å². The van der Waals surface area contributed by atoms with Gasteiger partial charge in [0.15, 0.2) is 0 Å². The highest BCUT2D eigenvalue weighted by atomic mass is 32.1. The van der Waals surface area contributed by atoms with Crippen LogP contribution in [0.25, 0.3) is 0 Å². The Morgan fingerprint density at radius 1 is 1.00 bits per heavy atom. The van der Waals surface area contributed by atoms with Gasteiger partial charge in [0.25, 0.3) is 0 Å². The maximum atomic E-state index is 5.92. The first kappa shape index (κ1) is 12.6. The van der Waals surface area contributed by atoms with E-state index in [1.54, 1.807) is 0 Å². The molecule has 0 bridgehead atoms. The average Bonchev–Trinajstić information content (AvgIpc) is 1.82. The van der Waals surface area contributed by atoms with E-state index in [-0.39, 0.29) is 10.8 Å².